The second kappa shape index (κ2) is 6.61. The van der Waals surface area contributed by atoms with Crippen LogP contribution in [-0.4, -0.2) is 27.6 Å². The lowest BCUT2D eigenvalue weighted by Gasteiger charge is -2.27. The molecule has 0 atom stereocenters. The van der Waals surface area contributed by atoms with E-state index in [0.717, 1.165) is 43.5 Å². The molecule has 1 aliphatic heterocycles. The number of aromatic nitrogens is 3. The van der Waals surface area contributed by atoms with Crippen LogP contribution in [0.1, 0.15) is 32.0 Å². The van der Waals surface area contributed by atoms with E-state index in [1.807, 2.05) is 18.6 Å². The number of nitrogens with one attached hydrogen (secondary N) is 1. The average Bonchev–Trinajstić information content (AvgIpc) is 3.02. The zero-order valence-electron chi connectivity index (χ0n) is 12.6. The van der Waals surface area contributed by atoms with Crippen LogP contribution in [-0.2, 0) is 13.1 Å². The minimum Gasteiger partial charge on any atom is -0.377 e. The van der Waals surface area contributed by atoms with Crippen molar-refractivity contribution in [2.75, 3.05) is 23.3 Å². The van der Waals surface area contributed by atoms with Gasteiger partial charge in [-0.1, -0.05) is 0 Å². The molecule has 21 heavy (non-hydrogen) atoms. The van der Waals surface area contributed by atoms with Gasteiger partial charge in [0, 0.05) is 32.0 Å². The van der Waals surface area contributed by atoms with Crippen LogP contribution in [0.4, 0.5) is 11.5 Å². The van der Waals surface area contributed by atoms with Gasteiger partial charge in [0.05, 0.1) is 18.4 Å². The van der Waals surface area contributed by atoms with Crippen molar-refractivity contribution in [1.82, 2.24) is 14.5 Å². The molecule has 0 unspecified atom stereocenters. The van der Waals surface area contributed by atoms with E-state index >= 15 is 0 Å². The maximum Gasteiger partial charge on any atom is 0.128 e. The van der Waals surface area contributed by atoms with Crippen LogP contribution in [0.25, 0.3) is 0 Å². The van der Waals surface area contributed by atoms with Gasteiger partial charge in [0.25, 0.3) is 0 Å². The first kappa shape index (κ1) is 13.9. The number of anilines is 2. The Balaban J connectivity index is 1.59. The Bertz CT molecular complexity index is 554. The summed E-state index contributed by atoms with van der Waals surface area (Å²) in [5.41, 5.74) is 1.04. The first-order valence-electron chi connectivity index (χ1n) is 7.81. The van der Waals surface area contributed by atoms with Crippen LogP contribution in [0.15, 0.2) is 30.7 Å². The Hall–Kier alpha value is -2.04. The summed E-state index contributed by atoms with van der Waals surface area (Å²) in [6.45, 7) is 6.07. The van der Waals surface area contributed by atoms with E-state index in [1.54, 1.807) is 0 Å². The van der Waals surface area contributed by atoms with Gasteiger partial charge in [-0.2, -0.15) is 0 Å². The van der Waals surface area contributed by atoms with E-state index in [9.17, 15) is 0 Å². The van der Waals surface area contributed by atoms with Gasteiger partial charge in [0.15, 0.2) is 0 Å². The van der Waals surface area contributed by atoms with E-state index < -0.39 is 0 Å². The van der Waals surface area contributed by atoms with Crippen LogP contribution in [0.2, 0.25) is 0 Å². The molecule has 5 nitrogen and oxygen atoms in total. The summed E-state index contributed by atoms with van der Waals surface area (Å²) in [6.07, 6.45) is 9.68. The summed E-state index contributed by atoms with van der Waals surface area (Å²) in [7, 11) is 0. The van der Waals surface area contributed by atoms with Gasteiger partial charge in [-0.05, 0) is 38.3 Å². The number of nitrogens with zero attached hydrogens (tertiary/aromatic N) is 4. The van der Waals surface area contributed by atoms with Crippen LogP contribution in [0.5, 0.6) is 0 Å². The molecule has 5 heteroatoms. The van der Waals surface area contributed by atoms with Crippen molar-refractivity contribution in [3.8, 4) is 0 Å². The summed E-state index contributed by atoms with van der Waals surface area (Å²) in [5.74, 6) is 2.15. The topological polar surface area (TPSA) is 46.0 Å². The Morgan fingerprint density at radius 3 is 2.71 bits per heavy atom. The molecule has 0 aliphatic carbocycles. The van der Waals surface area contributed by atoms with Gasteiger partial charge in [-0.15, -0.1) is 0 Å². The molecule has 0 radical (unpaired) electrons. The quantitative estimate of drug-likeness (QED) is 0.917. The van der Waals surface area contributed by atoms with Crippen molar-refractivity contribution >= 4 is 11.5 Å². The zero-order chi connectivity index (χ0) is 14.5. The first-order valence-corrected chi connectivity index (χ1v) is 7.81. The first-order chi connectivity index (χ1) is 10.4. The van der Waals surface area contributed by atoms with Crippen molar-refractivity contribution in [2.24, 2.45) is 0 Å². The third-order valence-electron chi connectivity index (χ3n) is 4.02. The molecule has 112 valence electrons. The number of imidazole rings is 1. The molecule has 3 rings (SSSR count). The number of aryl methyl sites for hydroxylation is 1. The highest BCUT2D eigenvalue weighted by Gasteiger charge is 2.11. The minimum atomic E-state index is 0.728. The third kappa shape index (κ3) is 3.35. The van der Waals surface area contributed by atoms with E-state index in [2.05, 4.69) is 43.8 Å². The molecule has 2 aromatic heterocycles. The molecular weight excluding hydrogens is 262 g/mol. The minimum absolute atomic E-state index is 0.728. The number of hydrogen-bond donors (Lipinski definition) is 1. The molecule has 0 saturated carbocycles. The van der Waals surface area contributed by atoms with Gasteiger partial charge >= 0.3 is 0 Å². The molecule has 2 aromatic rings. The van der Waals surface area contributed by atoms with Crippen molar-refractivity contribution in [3.63, 3.8) is 0 Å². The largest absolute Gasteiger partial charge is 0.377 e. The average molecular weight is 285 g/mol. The Kier molecular flexibility index (Phi) is 4.38. The number of hydrogen-bond acceptors (Lipinski definition) is 4. The van der Waals surface area contributed by atoms with Gasteiger partial charge in [0.2, 0.25) is 0 Å². The van der Waals surface area contributed by atoms with Gasteiger partial charge in [-0.25, -0.2) is 9.97 Å². The van der Waals surface area contributed by atoms with Crippen LogP contribution >= 0.6 is 0 Å². The van der Waals surface area contributed by atoms with Gasteiger partial charge < -0.3 is 14.8 Å². The molecule has 1 aliphatic rings. The molecule has 0 aromatic carbocycles. The molecule has 3 heterocycles. The van der Waals surface area contributed by atoms with Crippen LogP contribution in [0.3, 0.4) is 0 Å². The summed E-state index contributed by atoms with van der Waals surface area (Å²) < 4.78 is 2.14. The smallest absolute Gasteiger partial charge is 0.128 e. The highest BCUT2D eigenvalue weighted by molar-refractivity contribution is 5.48. The van der Waals surface area contributed by atoms with Crippen molar-refractivity contribution in [2.45, 2.75) is 39.3 Å². The summed E-state index contributed by atoms with van der Waals surface area (Å²) in [4.78, 5) is 11.3. The van der Waals surface area contributed by atoms with Crippen molar-refractivity contribution in [3.05, 3.63) is 36.5 Å². The normalized spacial score (nSPS) is 15.2. The molecule has 1 N–H and O–H groups in total. The standard InChI is InChI=1S/C16H23N5/c1-2-20-11-8-17-16(20)13-18-14-6-7-15(19-12-14)21-9-4-3-5-10-21/h6-8,11-12,18H,2-5,9-10,13H2,1H3. The summed E-state index contributed by atoms with van der Waals surface area (Å²) in [6, 6.07) is 4.22. The lowest BCUT2D eigenvalue weighted by atomic mass is 10.1. The van der Waals surface area contributed by atoms with Crippen LogP contribution in [0, 0.1) is 0 Å². The summed E-state index contributed by atoms with van der Waals surface area (Å²) >= 11 is 0. The molecular formula is C16H23N5. The van der Waals surface area contributed by atoms with Gasteiger partial charge in [0.1, 0.15) is 11.6 Å². The molecule has 0 spiro atoms. The molecule has 0 amide bonds. The second-order valence-corrected chi connectivity index (χ2v) is 5.44. The Morgan fingerprint density at radius 1 is 1.14 bits per heavy atom. The monoisotopic (exact) mass is 285 g/mol. The Morgan fingerprint density at radius 2 is 2.00 bits per heavy atom. The maximum absolute atomic E-state index is 4.58. The fraction of sp³-hybridized carbons (Fsp3) is 0.500. The van der Waals surface area contributed by atoms with Gasteiger partial charge in [-0.3, -0.25) is 0 Å². The highest BCUT2D eigenvalue weighted by atomic mass is 15.2. The Labute approximate surface area is 126 Å². The SMILES string of the molecule is CCn1ccnc1CNc1ccc(N2CCCCC2)nc1. The van der Waals surface area contributed by atoms with Crippen molar-refractivity contribution in [1.29, 1.82) is 0 Å². The second-order valence-electron chi connectivity index (χ2n) is 5.44. The summed E-state index contributed by atoms with van der Waals surface area (Å²) in [5, 5.41) is 3.39. The predicted molar refractivity (Wildman–Crippen MR) is 85.5 cm³/mol. The predicted octanol–water partition coefficient (Wildman–Crippen LogP) is 2.90. The number of piperidine rings is 1. The zero-order valence-corrected chi connectivity index (χ0v) is 12.6. The van der Waals surface area contributed by atoms with E-state index in [1.165, 1.54) is 19.3 Å². The van der Waals surface area contributed by atoms with Crippen LogP contribution < -0.4 is 10.2 Å². The van der Waals surface area contributed by atoms with E-state index in [0.29, 0.717) is 0 Å². The molecule has 1 fully saturated rings. The van der Waals surface area contributed by atoms with E-state index in [-0.39, 0.29) is 0 Å². The highest BCUT2D eigenvalue weighted by Crippen LogP contribution is 2.19. The lowest BCUT2D eigenvalue weighted by molar-refractivity contribution is 0.573. The lowest BCUT2D eigenvalue weighted by Crippen LogP contribution is -2.30. The third-order valence-corrected chi connectivity index (χ3v) is 4.02. The van der Waals surface area contributed by atoms with Crippen molar-refractivity contribution < 1.29 is 0 Å². The molecule has 0 bridgehead atoms. The fourth-order valence-corrected chi connectivity index (χ4v) is 2.78. The maximum atomic E-state index is 4.58. The fourth-order valence-electron chi connectivity index (χ4n) is 2.78. The molecule has 1 saturated heterocycles. The number of rotatable bonds is 5. The number of pyridine rings is 1. The van der Waals surface area contributed by atoms with E-state index in [4.69, 9.17) is 0 Å².